The maximum absolute atomic E-state index is 5.97. The van der Waals surface area contributed by atoms with E-state index in [0.717, 1.165) is 23.0 Å². The fourth-order valence-electron chi connectivity index (χ4n) is 3.63. The molecule has 0 bridgehead atoms. The number of H-pyrrole nitrogens is 1. The van der Waals surface area contributed by atoms with Crippen LogP contribution in [0.5, 0.6) is 5.75 Å². The van der Waals surface area contributed by atoms with Gasteiger partial charge >= 0.3 is 5.13 Å². The van der Waals surface area contributed by atoms with Crippen molar-refractivity contribution in [3.63, 3.8) is 0 Å². The molecule has 0 unspecified atom stereocenters. The number of methoxy groups -OCH3 is 1. The number of benzene rings is 3. The highest BCUT2D eigenvalue weighted by Crippen LogP contribution is 2.30. The first-order valence-electron chi connectivity index (χ1n) is 9.68. The van der Waals surface area contributed by atoms with Crippen LogP contribution in [-0.4, -0.2) is 7.11 Å². The lowest BCUT2D eigenvalue weighted by molar-refractivity contribution is -0.368. The molecule has 3 N–H and O–H groups in total. The molecule has 0 amide bonds. The average molecular weight is 402 g/mol. The van der Waals surface area contributed by atoms with E-state index in [1.165, 1.54) is 27.8 Å². The van der Waals surface area contributed by atoms with Gasteiger partial charge < -0.3 is 4.74 Å². The fourth-order valence-corrected chi connectivity index (χ4v) is 4.29. The van der Waals surface area contributed by atoms with E-state index in [1.807, 2.05) is 12.1 Å². The summed E-state index contributed by atoms with van der Waals surface area (Å²) < 4.78 is 5.31. The smallest absolute Gasteiger partial charge is 0.329 e. The minimum atomic E-state index is 0.208. The van der Waals surface area contributed by atoms with E-state index in [-0.39, 0.29) is 5.92 Å². The van der Waals surface area contributed by atoms with E-state index in [0.29, 0.717) is 0 Å². The van der Waals surface area contributed by atoms with Crippen molar-refractivity contribution in [2.24, 2.45) is 0 Å². The zero-order valence-corrected chi connectivity index (χ0v) is 17.5. The van der Waals surface area contributed by atoms with Crippen molar-refractivity contribution in [2.75, 3.05) is 12.8 Å². The number of aromatic nitrogens is 1. The van der Waals surface area contributed by atoms with Gasteiger partial charge in [0.1, 0.15) is 11.4 Å². The molecule has 0 aliphatic carbocycles. The Hall–Kier alpha value is -3.11. The lowest BCUT2D eigenvalue weighted by Gasteiger charge is -2.15. The van der Waals surface area contributed by atoms with Gasteiger partial charge in [-0.3, -0.25) is 5.73 Å². The third-order valence-electron chi connectivity index (χ3n) is 5.22. The number of nitrogens with two attached hydrogens (primary N) is 1. The normalized spacial score (nSPS) is 11.9. The highest BCUT2D eigenvalue weighted by atomic mass is 32.1. The van der Waals surface area contributed by atoms with E-state index in [2.05, 4.69) is 78.0 Å². The van der Waals surface area contributed by atoms with Crippen LogP contribution in [0.3, 0.4) is 0 Å². The molecule has 0 saturated carbocycles. The van der Waals surface area contributed by atoms with Crippen LogP contribution in [0.25, 0.3) is 11.1 Å². The second kappa shape index (κ2) is 8.50. The Morgan fingerprint density at radius 3 is 2.34 bits per heavy atom. The van der Waals surface area contributed by atoms with Crippen molar-refractivity contribution in [3.8, 4) is 16.9 Å². The number of nitrogen functional groups attached to an aromatic ring is 1. The molecule has 4 heteroatoms. The Morgan fingerprint density at radius 2 is 1.72 bits per heavy atom. The maximum Gasteiger partial charge on any atom is 0.329 e. The van der Waals surface area contributed by atoms with Crippen LogP contribution in [0.2, 0.25) is 0 Å². The highest BCUT2D eigenvalue weighted by Gasteiger charge is 2.20. The molecule has 0 saturated heterocycles. The second-order valence-electron chi connectivity index (χ2n) is 7.28. The molecule has 4 aromatic rings. The van der Waals surface area contributed by atoms with E-state index >= 15 is 0 Å². The Labute approximate surface area is 175 Å². The van der Waals surface area contributed by atoms with Crippen molar-refractivity contribution < 1.29 is 9.72 Å². The van der Waals surface area contributed by atoms with Gasteiger partial charge in [0.2, 0.25) is 0 Å². The lowest BCUT2D eigenvalue weighted by Crippen LogP contribution is -2.17. The van der Waals surface area contributed by atoms with Crippen LogP contribution < -0.4 is 15.5 Å². The van der Waals surface area contributed by atoms with E-state index in [1.54, 1.807) is 18.4 Å². The van der Waals surface area contributed by atoms with Crippen LogP contribution >= 0.6 is 11.3 Å². The number of anilines is 1. The number of aromatic amines is 1. The molecule has 0 aliphatic rings. The molecule has 1 aromatic heterocycles. The number of hydrogen-bond acceptors (Lipinski definition) is 3. The van der Waals surface area contributed by atoms with Crippen molar-refractivity contribution in [2.45, 2.75) is 19.3 Å². The standard InChI is InChI=1S/C25H24N2OS/c1-17-4-3-5-21(14-17)19-8-6-18(7-9-19)15-23(24-16-29-25(26)27-24)20-10-12-22(28-2)13-11-20/h3-14,16,23H,15H2,1-2H3,(H2,26,27)/p+1/t23-/m0/s1. The highest BCUT2D eigenvalue weighted by molar-refractivity contribution is 7.13. The van der Waals surface area contributed by atoms with Crippen molar-refractivity contribution in [3.05, 3.63) is 101 Å². The Balaban J connectivity index is 1.62. The molecule has 3 aromatic carbocycles. The summed E-state index contributed by atoms with van der Waals surface area (Å²) in [4.78, 5) is 3.33. The first-order chi connectivity index (χ1) is 14.1. The van der Waals surface area contributed by atoms with E-state index in [9.17, 15) is 0 Å². The Morgan fingerprint density at radius 1 is 0.966 bits per heavy atom. The van der Waals surface area contributed by atoms with Crippen LogP contribution in [-0.2, 0) is 6.42 Å². The van der Waals surface area contributed by atoms with Crippen LogP contribution in [0.15, 0.2) is 78.2 Å². The van der Waals surface area contributed by atoms with Crippen LogP contribution in [0.4, 0.5) is 5.13 Å². The van der Waals surface area contributed by atoms with Gasteiger partial charge in [-0.15, -0.1) is 0 Å². The first kappa shape index (κ1) is 19.2. The van der Waals surface area contributed by atoms with Gasteiger partial charge in [-0.1, -0.05) is 77.6 Å². The predicted molar refractivity (Wildman–Crippen MR) is 120 cm³/mol. The monoisotopic (exact) mass is 401 g/mol. The molecule has 1 atom stereocenters. The SMILES string of the molecule is COc1ccc([C@H](Cc2ccc(-c3cccc(C)c3)cc2)c2csc(N)[nH+]2)cc1. The van der Waals surface area contributed by atoms with Crippen LogP contribution in [0.1, 0.15) is 28.3 Å². The summed E-state index contributed by atoms with van der Waals surface area (Å²) in [6.07, 6.45) is 0.896. The largest absolute Gasteiger partial charge is 0.497 e. The molecule has 0 radical (unpaired) electrons. The molecule has 146 valence electrons. The fraction of sp³-hybridized carbons (Fsp3) is 0.160. The molecule has 0 aliphatic heterocycles. The molecular formula is C25H25N2OS+. The third-order valence-corrected chi connectivity index (χ3v) is 5.95. The van der Waals surface area contributed by atoms with Gasteiger partial charge in [0.05, 0.1) is 13.0 Å². The number of rotatable bonds is 6. The molecule has 3 nitrogen and oxygen atoms in total. The zero-order valence-electron chi connectivity index (χ0n) is 16.7. The summed E-state index contributed by atoms with van der Waals surface area (Å²) in [5, 5.41) is 2.85. The van der Waals surface area contributed by atoms with Gasteiger partial charge in [-0.2, -0.15) is 0 Å². The number of nitrogens with one attached hydrogen (secondary N) is 1. The average Bonchev–Trinajstić information content (AvgIpc) is 3.18. The number of thiazole rings is 1. The van der Waals surface area contributed by atoms with Gasteiger partial charge in [0.15, 0.2) is 0 Å². The third kappa shape index (κ3) is 4.49. The summed E-state index contributed by atoms with van der Waals surface area (Å²) in [6.45, 7) is 2.13. The quantitative estimate of drug-likeness (QED) is 0.463. The van der Waals surface area contributed by atoms with E-state index in [4.69, 9.17) is 10.5 Å². The molecular weight excluding hydrogens is 376 g/mol. The molecule has 0 fully saturated rings. The topological polar surface area (TPSA) is 49.4 Å². The van der Waals surface area contributed by atoms with Gasteiger partial charge in [0, 0.05) is 5.38 Å². The number of aryl methyl sites for hydroxylation is 1. The maximum atomic E-state index is 5.97. The predicted octanol–water partition coefficient (Wildman–Crippen LogP) is 5.50. The molecule has 1 heterocycles. The number of ether oxygens (including phenoxy) is 1. The molecule has 0 spiro atoms. The number of hydrogen-bond donors (Lipinski definition) is 1. The van der Waals surface area contributed by atoms with Gasteiger partial charge in [-0.25, -0.2) is 4.98 Å². The van der Waals surface area contributed by atoms with Crippen molar-refractivity contribution >= 4 is 16.5 Å². The van der Waals surface area contributed by atoms with Crippen LogP contribution in [0, 0.1) is 6.92 Å². The summed E-state index contributed by atoms with van der Waals surface area (Å²) >= 11 is 1.54. The minimum Gasteiger partial charge on any atom is -0.497 e. The summed E-state index contributed by atoms with van der Waals surface area (Å²) in [6, 6.07) is 25.8. The summed E-state index contributed by atoms with van der Waals surface area (Å²) in [5.41, 5.74) is 13.4. The first-order valence-corrected chi connectivity index (χ1v) is 10.6. The second-order valence-corrected chi connectivity index (χ2v) is 8.19. The van der Waals surface area contributed by atoms with Gasteiger partial charge in [-0.05, 0) is 47.7 Å². The summed E-state index contributed by atoms with van der Waals surface area (Å²) in [5.74, 6) is 1.07. The van der Waals surface area contributed by atoms with Crippen molar-refractivity contribution in [1.29, 1.82) is 0 Å². The van der Waals surface area contributed by atoms with Crippen molar-refractivity contribution in [1.82, 2.24) is 0 Å². The Bertz CT molecular complexity index is 1080. The molecule has 4 rings (SSSR count). The lowest BCUT2D eigenvalue weighted by atomic mass is 9.89. The van der Waals surface area contributed by atoms with Gasteiger partial charge in [0.25, 0.3) is 0 Å². The zero-order chi connectivity index (χ0) is 20.2. The summed E-state index contributed by atoms with van der Waals surface area (Å²) in [7, 11) is 1.69. The van der Waals surface area contributed by atoms with E-state index < -0.39 is 0 Å². The minimum absolute atomic E-state index is 0.208. The Kier molecular flexibility index (Phi) is 5.63. The molecule has 29 heavy (non-hydrogen) atoms.